The highest BCUT2D eigenvalue weighted by molar-refractivity contribution is 5.99. The van der Waals surface area contributed by atoms with E-state index in [9.17, 15) is 0 Å². The maximum Gasteiger partial charge on any atom is 0.0741 e. The van der Waals surface area contributed by atoms with Crippen LogP contribution in [0.4, 0.5) is 0 Å². The molecular formula is C19H21N. The molecule has 0 aliphatic heterocycles. The van der Waals surface area contributed by atoms with Crippen LogP contribution in [0.1, 0.15) is 37.5 Å². The van der Waals surface area contributed by atoms with E-state index >= 15 is 0 Å². The highest BCUT2D eigenvalue weighted by atomic mass is 14.7. The largest absolute Gasteiger partial charge is 0.247 e. The summed E-state index contributed by atoms with van der Waals surface area (Å²) in [6.45, 7) is 11.1. The maximum atomic E-state index is 4.91. The van der Waals surface area contributed by atoms with Crippen molar-refractivity contribution in [3.8, 4) is 0 Å². The standard InChI is InChI=1S/C19H21N/c1-12-9-10-14-16(11-12)20-18-13(2)7-6-8-15(18)17(14)19(3,4)5/h6-11H,1-5H3. The molecule has 0 N–H and O–H groups in total. The highest BCUT2D eigenvalue weighted by Crippen LogP contribution is 2.36. The van der Waals surface area contributed by atoms with E-state index in [-0.39, 0.29) is 5.41 Å². The Hall–Kier alpha value is -1.89. The lowest BCUT2D eigenvalue weighted by Gasteiger charge is -2.24. The van der Waals surface area contributed by atoms with E-state index in [2.05, 4.69) is 71.0 Å². The topological polar surface area (TPSA) is 12.9 Å². The van der Waals surface area contributed by atoms with Crippen molar-refractivity contribution in [2.24, 2.45) is 0 Å². The monoisotopic (exact) mass is 263 g/mol. The summed E-state index contributed by atoms with van der Waals surface area (Å²) in [6.07, 6.45) is 0. The van der Waals surface area contributed by atoms with Gasteiger partial charge in [-0.25, -0.2) is 4.98 Å². The molecule has 0 spiro atoms. The lowest BCUT2D eigenvalue weighted by molar-refractivity contribution is 0.601. The Morgan fingerprint density at radius 1 is 0.900 bits per heavy atom. The fourth-order valence-electron chi connectivity index (χ4n) is 3.03. The normalized spacial score (nSPS) is 12.2. The molecule has 0 saturated heterocycles. The average molecular weight is 263 g/mol. The highest BCUT2D eigenvalue weighted by Gasteiger charge is 2.21. The zero-order chi connectivity index (χ0) is 14.5. The molecule has 0 saturated carbocycles. The van der Waals surface area contributed by atoms with Crippen LogP contribution in [0.5, 0.6) is 0 Å². The summed E-state index contributed by atoms with van der Waals surface area (Å²) in [5, 5.41) is 2.56. The number of aromatic nitrogens is 1. The number of pyridine rings is 1. The Labute approximate surface area is 120 Å². The van der Waals surface area contributed by atoms with Crippen LogP contribution >= 0.6 is 0 Å². The van der Waals surface area contributed by atoms with Crippen LogP contribution in [-0.4, -0.2) is 4.98 Å². The number of benzene rings is 2. The number of fused-ring (bicyclic) bond motifs is 2. The second-order valence-corrected chi connectivity index (χ2v) is 6.73. The van der Waals surface area contributed by atoms with E-state index in [1.807, 2.05) is 0 Å². The lowest BCUT2D eigenvalue weighted by atomic mass is 9.81. The third kappa shape index (κ3) is 1.98. The summed E-state index contributed by atoms with van der Waals surface area (Å²) in [7, 11) is 0. The summed E-state index contributed by atoms with van der Waals surface area (Å²) >= 11 is 0. The van der Waals surface area contributed by atoms with E-state index in [0.29, 0.717) is 0 Å². The third-order valence-electron chi connectivity index (χ3n) is 3.91. The Morgan fingerprint density at radius 3 is 2.35 bits per heavy atom. The molecule has 0 aliphatic carbocycles. The molecule has 1 nitrogen and oxygen atoms in total. The van der Waals surface area contributed by atoms with Crippen LogP contribution in [0.3, 0.4) is 0 Å². The number of rotatable bonds is 0. The van der Waals surface area contributed by atoms with Crippen LogP contribution < -0.4 is 0 Å². The zero-order valence-corrected chi connectivity index (χ0v) is 12.9. The molecular weight excluding hydrogens is 242 g/mol. The summed E-state index contributed by atoms with van der Waals surface area (Å²) in [6, 6.07) is 13.1. The van der Waals surface area contributed by atoms with Gasteiger partial charge in [0.25, 0.3) is 0 Å². The second-order valence-electron chi connectivity index (χ2n) is 6.73. The SMILES string of the molecule is Cc1ccc2c(C(C)(C)C)c3cccc(C)c3nc2c1. The molecule has 0 amide bonds. The molecule has 20 heavy (non-hydrogen) atoms. The molecule has 1 heteroatoms. The van der Waals surface area contributed by atoms with E-state index in [0.717, 1.165) is 11.0 Å². The Bertz CT molecular complexity index is 807. The first-order valence-corrected chi connectivity index (χ1v) is 7.18. The molecule has 2 aromatic carbocycles. The second kappa shape index (κ2) is 4.31. The summed E-state index contributed by atoms with van der Waals surface area (Å²) in [5.74, 6) is 0. The zero-order valence-electron chi connectivity index (χ0n) is 12.9. The van der Waals surface area contributed by atoms with E-state index in [1.54, 1.807) is 0 Å². The van der Waals surface area contributed by atoms with E-state index < -0.39 is 0 Å². The number of hydrogen-bond acceptors (Lipinski definition) is 1. The number of nitrogens with zero attached hydrogens (tertiary/aromatic N) is 1. The molecule has 0 atom stereocenters. The Morgan fingerprint density at radius 2 is 1.65 bits per heavy atom. The van der Waals surface area contributed by atoms with Gasteiger partial charge in [-0.05, 0) is 42.0 Å². The Balaban J connectivity index is 2.60. The summed E-state index contributed by atoms with van der Waals surface area (Å²) < 4.78 is 0. The quantitative estimate of drug-likeness (QED) is 0.501. The minimum Gasteiger partial charge on any atom is -0.247 e. The molecule has 1 heterocycles. The van der Waals surface area contributed by atoms with Gasteiger partial charge in [0, 0.05) is 10.8 Å². The van der Waals surface area contributed by atoms with Gasteiger partial charge in [0.05, 0.1) is 11.0 Å². The molecule has 0 bridgehead atoms. The van der Waals surface area contributed by atoms with Gasteiger partial charge in [0.1, 0.15) is 0 Å². The molecule has 0 fully saturated rings. The number of hydrogen-bond donors (Lipinski definition) is 0. The van der Waals surface area contributed by atoms with Gasteiger partial charge >= 0.3 is 0 Å². The summed E-state index contributed by atoms with van der Waals surface area (Å²) in [5.41, 5.74) is 6.25. The molecule has 0 aliphatic rings. The van der Waals surface area contributed by atoms with E-state index in [1.165, 1.54) is 27.5 Å². The van der Waals surface area contributed by atoms with Crippen molar-refractivity contribution < 1.29 is 0 Å². The van der Waals surface area contributed by atoms with Crippen molar-refractivity contribution in [2.75, 3.05) is 0 Å². The van der Waals surface area contributed by atoms with Gasteiger partial charge in [-0.3, -0.25) is 0 Å². The molecule has 0 radical (unpaired) electrons. The van der Waals surface area contributed by atoms with Gasteiger partial charge in [-0.15, -0.1) is 0 Å². The van der Waals surface area contributed by atoms with Gasteiger partial charge in [-0.1, -0.05) is 51.1 Å². The Kier molecular flexibility index (Phi) is 2.82. The van der Waals surface area contributed by atoms with E-state index in [4.69, 9.17) is 4.98 Å². The van der Waals surface area contributed by atoms with Gasteiger partial charge in [0.2, 0.25) is 0 Å². The molecule has 1 aromatic heterocycles. The molecule has 3 aromatic rings. The van der Waals surface area contributed by atoms with Crippen molar-refractivity contribution in [1.29, 1.82) is 0 Å². The van der Waals surface area contributed by atoms with Crippen molar-refractivity contribution in [3.63, 3.8) is 0 Å². The van der Waals surface area contributed by atoms with Gasteiger partial charge in [-0.2, -0.15) is 0 Å². The van der Waals surface area contributed by atoms with Crippen molar-refractivity contribution in [1.82, 2.24) is 4.98 Å². The van der Waals surface area contributed by atoms with Crippen LogP contribution in [0.15, 0.2) is 36.4 Å². The smallest absolute Gasteiger partial charge is 0.0741 e. The first-order chi connectivity index (χ1) is 9.38. The number of aryl methyl sites for hydroxylation is 2. The van der Waals surface area contributed by atoms with Crippen molar-refractivity contribution in [3.05, 3.63) is 53.1 Å². The van der Waals surface area contributed by atoms with Crippen molar-refractivity contribution in [2.45, 2.75) is 40.0 Å². The minimum atomic E-state index is 0.0997. The number of para-hydroxylation sites is 1. The first-order valence-electron chi connectivity index (χ1n) is 7.18. The van der Waals surface area contributed by atoms with Crippen LogP contribution in [-0.2, 0) is 5.41 Å². The maximum absolute atomic E-state index is 4.91. The van der Waals surface area contributed by atoms with Crippen LogP contribution in [0, 0.1) is 13.8 Å². The molecule has 102 valence electrons. The fraction of sp³-hybridized carbons (Fsp3) is 0.316. The lowest BCUT2D eigenvalue weighted by Crippen LogP contribution is -2.13. The van der Waals surface area contributed by atoms with Gasteiger partial charge < -0.3 is 0 Å². The molecule has 3 rings (SSSR count). The molecule has 0 unspecified atom stereocenters. The minimum absolute atomic E-state index is 0.0997. The third-order valence-corrected chi connectivity index (χ3v) is 3.91. The van der Waals surface area contributed by atoms with Crippen LogP contribution in [0.25, 0.3) is 21.8 Å². The average Bonchev–Trinajstić information content (AvgIpc) is 2.35. The van der Waals surface area contributed by atoms with Gasteiger partial charge in [0.15, 0.2) is 0 Å². The summed E-state index contributed by atoms with van der Waals surface area (Å²) in [4.78, 5) is 4.91. The predicted octanol–water partition coefficient (Wildman–Crippen LogP) is 5.30. The predicted molar refractivity (Wildman–Crippen MR) is 87.4 cm³/mol. The fourth-order valence-corrected chi connectivity index (χ4v) is 3.03. The first kappa shape index (κ1) is 13.1. The van der Waals surface area contributed by atoms with Crippen LogP contribution in [0.2, 0.25) is 0 Å². The van der Waals surface area contributed by atoms with Crippen molar-refractivity contribution >= 4 is 21.8 Å².